The normalized spacial score (nSPS) is 11.2. The van der Waals surface area contributed by atoms with Crippen molar-refractivity contribution in [2.24, 2.45) is 5.16 Å². The summed E-state index contributed by atoms with van der Waals surface area (Å²) in [5.74, 6) is -0.248. The van der Waals surface area contributed by atoms with Crippen LogP contribution in [-0.2, 0) is 16.1 Å². The fourth-order valence-electron chi connectivity index (χ4n) is 3.30. The van der Waals surface area contributed by atoms with E-state index in [-0.39, 0.29) is 6.42 Å². The van der Waals surface area contributed by atoms with Gasteiger partial charge >= 0.3 is 5.97 Å². The molecule has 0 aliphatic rings. The summed E-state index contributed by atoms with van der Waals surface area (Å²) in [4.78, 5) is 16.3. The van der Waals surface area contributed by atoms with Gasteiger partial charge in [0.25, 0.3) is 0 Å². The molecule has 0 radical (unpaired) electrons. The number of aryl methyl sites for hydroxylation is 1. The van der Waals surface area contributed by atoms with Gasteiger partial charge in [0.05, 0.1) is 12.1 Å². The Hall–Kier alpha value is -3.60. The number of nitrogens with zero attached hydrogens (tertiary/aromatic N) is 1. The highest BCUT2D eigenvalue weighted by atomic mass is 16.6. The fraction of sp³-hybridized carbons (Fsp3) is 0.231. The van der Waals surface area contributed by atoms with E-state index in [4.69, 9.17) is 14.7 Å². The van der Waals surface area contributed by atoms with Crippen LogP contribution in [0.2, 0.25) is 0 Å². The molecule has 0 bridgehead atoms. The molecule has 0 aliphatic carbocycles. The lowest BCUT2D eigenvalue weighted by Gasteiger charge is -2.09. The molecule has 3 aromatic rings. The summed E-state index contributed by atoms with van der Waals surface area (Å²) < 4.78 is 5.64. The zero-order chi connectivity index (χ0) is 22.1. The molecule has 3 aromatic carbocycles. The summed E-state index contributed by atoms with van der Waals surface area (Å²) in [5, 5.41) is 13.2. The SMILES string of the molecule is CCC(=NOCCOc1cccc(CC(=O)O)c1)c1ccc(-c2ccccc2C)cc1. The van der Waals surface area contributed by atoms with Crippen LogP contribution in [0, 0.1) is 6.92 Å². The second-order valence-electron chi connectivity index (χ2n) is 7.18. The number of carboxylic acids is 1. The van der Waals surface area contributed by atoms with Gasteiger partial charge in [-0.15, -0.1) is 0 Å². The minimum Gasteiger partial charge on any atom is -0.490 e. The molecular formula is C26H27NO4. The van der Waals surface area contributed by atoms with Crippen LogP contribution in [0.3, 0.4) is 0 Å². The van der Waals surface area contributed by atoms with Crippen LogP contribution in [-0.4, -0.2) is 30.0 Å². The molecule has 0 amide bonds. The van der Waals surface area contributed by atoms with E-state index in [1.165, 1.54) is 16.7 Å². The van der Waals surface area contributed by atoms with Crippen molar-refractivity contribution in [1.82, 2.24) is 0 Å². The number of benzene rings is 3. The number of carbonyl (C=O) groups is 1. The van der Waals surface area contributed by atoms with E-state index >= 15 is 0 Å². The Kier molecular flexibility index (Phi) is 7.82. The molecule has 160 valence electrons. The summed E-state index contributed by atoms with van der Waals surface area (Å²) in [7, 11) is 0. The lowest BCUT2D eigenvalue weighted by Crippen LogP contribution is -2.07. The van der Waals surface area contributed by atoms with Crippen molar-refractivity contribution >= 4 is 11.7 Å². The number of rotatable bonds is 10. The lowest BCUT2D eigenvalue weighted by molar-refractivity contribution is -0.136. The molecule has 0 saturated carbocycles. The van der Waals surface area contributed by atoms with Gasteiger partial charge in [-0.1, -0.05) is 72.7 Å². The summed E-state index contributed by atoms with van der Waals surface area (Å²) in [5.41, 5.74) is 6.26. The van der Waals surface area contributed by atoms with E-state index in [9.17, 15) is 4.79 Å². The molecular weight excluding hydrogens is 390 g/mol. The molecule has 0 fully saturated rings. The van der Waals surface area contributed by atoms with Gasteiger partial charge in [0.2, 0.25) is 0 Å². The monoisotopic (exact) mass is 417 g/mol. The standard InChI is InChI=1S/C26H27NO4/c1-3-25(22-13-11-21(12-14-22)24-10-5-4-7-19(24)2)27-31-16-15-30-23-9-6-8-20(17-23)18-26(28)29/h4-14,17H,3,15-16,18H2,1-2H3,(H,28,29). The minimum atomic E-state index is -0.867. The van der Waals surface area contributed by atoms with Gasteiger partial charge in [-0.05, 0) is 53.3 Å². The molecule has 3 rings (SSSR count). The number of hydrogen-bond acceptors (Lipinski definition) is 4. The van der Waals surface area contributed by atoms with Gasteiger partial charge in [0, 0.05) is 0 Å². The molecule has 1 N–H and O–H groups in total. The number of oxime groups is 1. The Balaban J connectivity index is 1.54. The maximum atomic E-state index is 10.8. The number of carboxylic acid groups (broad SMARTS) is 1. The second kappa shape index (κ2) is 11.0. The van der Waals surface area contributed by atoms with Gasteiger partial charge in [-0.25, -0.2) is 0 Å². The molecule has 0 saturated heterocycles. The molecule has 5 nitrogen and oxygen atoms in total. The number of aliphatic carboxylic acids is 1. The zero-order valence-electron chi connectivity index (χ0n) is 17.9. The first-order chi connectivity index (χ1) is 15.1. The van der Waals surface area contributed by atoms with E-state index in [2.05, 4.69) is 48.5 Å². The fourth-order valence-corrected chi connectivity index (χ4v) is 3.30. The third kappa shape index (κ3) is 6.44. The molecule has 0 atom stereocenters. The largest absolute Gasteiger partial charge is 0.490 e. The minimum absolute atomic E-state index is 0.0273. The Labute approximate surface area is 182 Å². The van der Waals surface area contributed by atoms with Crippen molar-refractivity contribution in [3.63, 3.8) is 0 Å². The van der Waals surface area contributed by atoms with Crippen molar-refractivity contribution in [3.8, 4) is 16.9 Å². The summed E-state index contributed by atoms with van der Waals surface area (Å²) in [6.45, 7) is 4.78. The van der Waals surface area contributed by atoms with Crippen LogP contribution >= 0.6 is 0 Å². The van der Waals surface area contributed by atoms with E-state index in [1.807, 2.05) is 19.1 Å². The third-order valence-electron chi connectivity index (χ3n) is 4.88. The van der Waals surface area contributed by atoms with Crippen molar-refractivity contribution in [2.45, 2.75) is 26.7 Å². The first-order valence-corrected chi connectivity index (χ1v) is 10.4. The molecule has 0 unspecified atom stereocenters. The quantitative estimate of drug-likeness (QED) is 0.269. The van der Waals surface area contributed by atoms with Crippen LogP contribution in [0.1, 0.15) is 30.0 Å². The van der Waals surface area contributed by atoms with E-state index in [1.54, 1.807) is 24.3 Å². The Morgan fingerprint density at radius 3 is 2.45 bits per heavy atom. The number of hydrogen-bond donors (Lipinski definition) is 1. The Morgan fingerprint density at radius 1 is 0.968 bits per heavy atom. The predicted molar refractivity (Wildman–Crippen MR) is 123 cm³/mol. The Bertz CT molecular complexity index is 1040. The van der Waals surface area contributed by atoms with Crippen molar-refractivity contribution in [3.05, 3.63) is 89.5 Å². The molecule has 0 aliphatic heterocycles. The maximum absolute atomic E-state index is 10.8. The van der Waals surface area contributed by atoms with E-state index in [0.29, 0.717) is 24.5 Å². The van der Waals surface area contributed by atoms with Crippen molar-refractivity contribution in [1.29, 1.82) is 0 Å². The summed E-state index contributed by atoms with van der Waals surface area (Å²) in [6, 6.07) is 23.7. The highest BCUT2D eigenvalue weighted by Gasteiger charge is 2.06. The average molecular weight is 418 g/mol. The van der Waals surface area contributed by atoms with Crippen molar-refractivity contribution < 1.29 is 19.5 Å². The van der Waals surface area contributed by atoms with Gasteiger partial charge in [-0.2, -0.15) is 0 Å². The zero-order valence-corrected chi connectivity index (χ0v) is 17.9. The topological polar surface area (TPSA) is 68.1 Å². The van der Waals surface area contributed by atoms with E-state index < -0.39 is 5.97 Å². The first kappa shape index (κ1) is 22.1. The van der Waals surface area contributed by atoms with Gasteiger partial charge in [0.1, 0.15) is 12.4 Å². The van der Waals surface area contributed by atoms with Gasteiger partial charge < -0.3 is 14.7 Å². The van der Waals surface area contributed by atoms with Crippen LogP contribution in [0.4, 0.5) is 0 Å². The Morgan fingerprint density at radius 2 is 1.74 bits per heavy atom. The molecule has 0 heterocycles. The second-order valence-corrected chi connectivity index (χ2v) is 7.18. The predicted octanol–water partition coefficient (Wildman–Crippen LogP) is 5.50. The van der Waals surface area contributed by atoms with Gasteiger partial charge in [0.15, 0.2) is 6.61 Å². The van der Waals surface area contributed by atoms with Gasteiger partial charge in [-0.3, -0.25) is 4.79 Å². The maximum Gasteiger partial charge on any atom is 0.307 e. The summed E-state index contributed by atoms with van der Waals surface area (Å²) in [6.07, 6.45) is 0.724. The number of ether oxygens (including phenoxy) is 1. The third-order valence-corrected chi connectivity index (χ3v) is 4.88. The summed E-state index contributed by atoms with van der Waals surface area (Å²) >= 11 is 0. The van der Waals surface area contributed by atoms with Crippen LogP contribution in [0.15, 0.2) is 78.0 Å². The average Bonchev–Trinajstić information content (AvgIpc) is 2.77. The van der Waals surface area contributed by atoms with Crippen LogP contribution in [0.25, 0.3) is 11.1 Å². The lowest BCUT2D eigenvalue weighted by atomic mass is 9.98. The molecule has 0 aromatic heterocycles. The first-order valence-electron chi connectivity index (χ1n) is 10.4. The van der Waals surface area contributed by atoms with Crippen molar-refractivity contribution in [2.75, 3.05) is 13.2 Å². The van der Waals surface area contributed by atoms with E-state index in [0.717, 1.165) is 17.7 Å². The molecule has 0 spiro atoms. The highest BCUT2D eigenvalue weighted by Crippen LogP contribution is 2.23. The van der Waals surface area contributed by atoms with Crippen LogP contribution in [0.5, 0.6) is 5.75 Å². The highest BCUT2D eigenvalue weighted by molar-refractivity contribution is 6.00. The smallest absolute Gasteiger partial charge is 0.307 e. The van der Waals surface area contributed by atoms with Crippen LogP contribution < -0.4 is 4.74 Å². The molecule has 31 heavy (non-hydrogen) atoms. The molecule has 5 heteroatoms.